The first-order valence-electron chi connectivity index (χ1n) is 10.6. The summed E-state index contributed by atoms with van der Waals surface area (Å²) in [4.78, 5) is 12.7. The molecule has 0 aliphatic heterocycles. The van der Waals surface area contributed by atoms with Crippen LogP contribution in [0, 0.1) is 0 Å². The van der Waals surface area contributed by atoms with Crippen LogP contribution in [0.2, 0.25) is 0 Å². The molecule has 8 nitrogen and oxygen atoms in total. The lowest BCUT2D eigenvalue weighted by molar-refractivity contribution is 0.0950. The maximum atomic E-state index is 12.7. The molecular weight excluding hydrogens is 432 g/mol. The van der Waals surface area contributed by atoms with Gasteiger partial charge >= 0.3 is 0 Å². The zero-order chi connectivity index (χ0) is 24.1. The van der Waals surface area contributed by atoms with Crippen LogP contribution >= 0.6 is 0 Å². The molecule has 1 amide bonds. The molecule has 0 saturated carbocycles. The van der Waals surface area contributed by atoms with Crippen molar-refractivity contribution in [2.45, 2.75) is 6.54 Å². The maximum absolute atomic E-state index is 12.7. The highest BCUT2D eigenvalue weighted by Crippen LogP contribution is 2.26. The molecule has 4 aromatic rings. The lowest BCUT2D eigenvalue weighted by Crippen LogP contribution is -2.23. The molecule has 0 fully saturated rings. The molecule has 1 aromatic heterocycles. The molecule has 8 heteroatoms. The third kappa shape index (κ3) is 4.80. The maximum Gasteiger partial charge on any atom is 0.251 e. The first kappa shape index (κ1) is 22.7. The Balaban J connectivity index is 1.46. The van der Waals surface area contributed by atoms with Crippen molar-refractivity contribution in [1.82, 2.24) is 15.1 Å². The predicted molar refractivity (Wildman–Crippen MR) is 131 cm³/mol. The van der Waals surface area contributed by atoms with Crippen molar-refractivity contribution < 1.29 is 19.0 Å². The van der Waals surface area contributed by atoms with Crippen LogP contribution in [0.5, 0.6) is 17.2 Å². The summed E-state index contributed by atoms with van der Waals surface area (Å²) < 4.78 is 17.4. The summed E-state index contributed by atoms with van der Waals surface area (Å²) >= 11 is 0. The Kier molecular flexibility index (Phi) is 6.68. The van der Waals surface area contributed by atoms with Gasteiger partial charge in [0.1, 0.15) is 23.1 Å². The zero-order valence-electron chi connectivity index (χ0n) is 19.2. The number of nitrogen functional groups attached to an aromatic ring is 1. The van der Waals surface area contributed by atoms with Gasteiger partial charge in [0.25, 0.3) is 5.91 Å². The highest BCUT2D eigenvalue weighted by Gasteiger charge is 2.12. The second kappa shape index (κ2) is 9.99. The zero-order valence-corrected chi connectivity index (χ0v) is 19.2. The summed E-state index contributed by atoms with van der Waals surface area (Å²) in [5, 5.41) is 7.53. The first-order chi connectivity index (χ1) is 16.5. The Morgan fingerprint density at radius 1 is 0.882 bits per heavy atom. The van der Waals surface area contributed by atoms with Gasteiger partial charge in [0, 0.05) is 35.4 Å². The molecule has 174 valence electrons. The monoisotopic (exact) mass is 458 g/mol. The smallest absolute Gasteiger partial charge is 0.251 e. The SMILES string of the molecule is COc1ccc(-c2cc(N)n(-c3ccc(C(=O)NCc4ccc(OC)cc4OC)cc3)n2)cc1. The van der Waals surface area contributed by atoms with Gasteiger partial charge in [0.05, 0.1) is 32.7 Å². The number of methoxy groups -OCH3 is 3. The van der Waals surface area contributed by atoms with E-state index in [1.165, 1.54) is 0 Å². The topological polar surface area (TPSA) is 101 Å². The van der Waals surface area contributed by atoms with E-state index in [0.29, 0.717) is 29.4 Å². The number of nitrogens with zero attached hydrogens (tertiary/aromatic N) is 2. The van der Waals surface area contributed by atoms with Crippen LogP contribution in [0.1, 0.15) is 15.9 Å². The van der Waals surface area contributed by atoms with Gasteiger partial charge in [-0.15, -0.1) is 0 Å². The van der Waals surface area contributed by atoms with Crippen molar-refractivity contribution in [1.29, 1.82) is 0 Å². The molecule has 4 rings (SSSR count). The van der Waals surface area contributed by atoms with E-state index in [-0.39, 0.29) is 5.91 Å². The third-order valence-electron chi connectivity index (χ3n) is 5.43. The van der Waals surface area contributed by atoms with Gasteiger partial charge < -0.3 is 25.3 Å². The standard InChI is InChI=1S/C26H26N4O4/c1-32-21-11-6-17(7-12-21)23-15-25(27)30(29-23)20-9-4-18(5-10-20)26(31)28-16-19-8-13-22(33-2)14-24(19)34-3/h4-15H,16,27H2,1-3H3,(H,28,31). The lowest BCUT2D eigenvalue weighted by atomic mass is 10.1. The second-order valence-electron chi connectivity index (χ2n) is 7.50. The van der Waals surface area contributed by atoms with Crippen molar-refractivity contribution in [3.05, 3.63) is 83.9 Å². The van der Waals surface area contributed by atoms with Crippen molar-refractivity contribution in [2.75, 3.05) is 27.1 Å². The van der Waals surface area contributed by atoms with Gasteiger partial charge in [0.2, 0.25) is 0 Å². The minimum absolute atomic E-state index is 0.197. The minimum Gasteiger partial charge on any atom is -0.497 e. The van der Waals surface area contributed by atoms with Crippen molar-refractivity contribution in [2.24, 2.45) is 0 Å². The number of anilines is 1. The number of hydrogen-bond acceptors (Lipinski definition) is 6. The van der Waals surface area contributed by atoms with Crippen molar-refractivity contribution >= 4 is 11.7 Å². The fourth-order valence-corrected chi connectivity index (χ4v) is 3.53. The number of carbonyl (C=O) groups excluding carboxylic acids is 1. The summed E-state index contributed by atoms with van der Waals surface area (Å²) in [6.45, 7) is 0.324. The molecule has 3 aromatic carbocycles. The molecule has 3 N–H and O–H groups in total. The van der Waals surface area contributed by atoms with E-state index in [0.717, 1.165) is 28.3 Å². The number of ether oxygens (including phenoxy) is 3. The van der Waals surface area contributed by atoms with Crippen LogP contribution in [-0.2, 0) is 6.54 Å². The van der Waals surface area contributed by atoms with Crippen LogP contribution in [0.15, 0.2) is 72.8 Å². The van der Waals surface area contributed by atoms with E-state index in [9.17, 15) is 4.79 Å². The average Bonchev–Trinajstić information content (AvgIpc) is 3.28. The van der Waals surface area contributed by atoms with Crippen LogP contribution in [-0.4, -0.2) is 37.0 Å². The van der Waals surface area contributed by atoms with Crippen molar-refractivity contribution in [3.8, 4) is 34.2 Å². The van der Waals surface area contributed by atoms with E-state index in [1.807, 2.05) is 54.6 Å². The highest BCUT2D eigenvalue weighted by atomic mass is 16.5. The number of amides is 1. The molecule has 0 spiro atoms. The van der Waals surface area contributed by atoms with Gasteiger partial charge in [-0.2, -0.15) is 5.10 Å². The number of benzene rings is 3. The molecule has 34 heavy (non-hydrogen) atoms. The van der Waals surface area contributed by atoms with Gasteiger partial charge in [-0.3, -0.25) is 4.79 Å². The number of nitrogens with one attached hydrogen (secondary N) is 1. The van der Waals surface area contributed by atoms with Crippen LogP contribution in [0.3, 0.4) is 0 Å². The summed E-state index contributed by atoms with van der Waals surface area (Å²) in [6.07, 6.45) is 0. The van der Waals surface area contributed by atoms with Crippen LogP contribution in [0.25, 0.3) is 16.9 Å². The van der Waals surface area contributed by atoms with Gasteiger partial charge in [-0.05, 0) is 60.7 Å². The van der Waals surface area contributed by atoms with Crippen LogP contribution in [0.4, 0.5) is 5.82 Å². The van der Waals surface area contributed by atoms with Crippen LogP contribution < -0.4 is 25.3 Å². The Morgan fingerprint density at radius 2 is 1.56 bits per heavy atom. The lowest BCUT2D eigenvalue weighted by Gasteiger charge is -2.11. The Labute approximate surface area is 197 Å². The summed E-state index contributed by atoms with van der Waals surface area (Å²) in [6, 6.07) is 22.0. The van der Waals surface area contributed by atoms with Crippen molar-refractivity contribution in [3.63, 3.8) is 0 Å². The van der Waals surface area contributed by atoms with Gasteiger partial charge in [0.15, 0.2) is 0 Å². The van der Waals surface area contributed by atoms with E-state index in [1.54, 1.807) is 44.2 Å². The average molecular weight is 459 g/mol. The molecule has 0 saturated heterocycles. The van der Waals surface area contributed by atoms with E-state index < -0.39 is 0 Å². The Morgan fingerprint density at radius 3 is 2.21 bits per heavy atom. The van der Waals surface area contributed by atoms with E-state index >= 15 is 0 Å². The molecule has 0 bridgehead atoms. The minimum atomic E-state index is -0.197. The van der Waals surface area contributed by atoms with Gasteiger partial charge in [-0.1, -0.05) is 0 Å². The second-order valence-corrected chi connectivity index (χ2v) is 7.50. The molecule has 0 radical (unpaired) electrons. The number of hydrogen-bond donors (Lipinski definition) is 2. The molecule has 0 unspecified atom stereocenters. The highest BCUT2D eigenvalue weighted by molar-refractivity contribution is 5.94. The fraction of sp³-hybridized carbons (Fsp3) is 0.154. The van der Waals surface area contributed by atoms with E-state index in [2.05, 4.69) is 10.4 Å². The third-order valence-corrected chi connectivity index (χ3v) is 5.43. The molecule has 0 atom stereocenters. The number of nitrogens with two attached hydrogens (primary N) is 1. The Hall–Kier alpha value is -4.46. The number of carbonyl (C=O) groups is 1. The quantitative estimate of drug-likeness (QED) is 0.413. The molecule has 0 aliphatic rings. The predicted octanol–water partition coefficient (Wildman–Crippen LogP) is 4.08. The summed E-state index contributed by atoms with van der Waals surface area (Å²) in [5.74, 6) is 2.41. The molecule has 0 aliphatic carbocycles. The largest absolute Gasteiger partial charge is 0.497 e. The Bertz CT molecular complexity index is 1280. The fourth-order valence-electron chi connectivity index (χ4n) is 3.53. The summed E-state index contributed by atoms with van der Waals surface area (Å²) in [5.41, 5.74) is 10.0. The number of aromatic nitrogens is 2. The summed E-state index contributed by atoms with van der Waals surface area (Å²) in [7, 11) is 4.80. The first-order valence-corrected chi connectivity index (χ1v) is 10.6. The molecular formula is C26H26N4O4. The molecule has 1 heterocycles. The van der Waals surface area contributed by atoms with E-state index in [4.69, 9.17) is 19.9 Å². The number of rotatable bonds is 8. The normalized spacial score (nSPS) is 10.6. The van der Waals surface area contributed by atoms with Gasteiger partial charge in [-0.25, -0.2) is 4.68 Å².